The summed E-state index contributed by atoms with van der Waals surface area (Å²) in [5.74, 6) is 0.188. The zero-order chi connectivity index (χ0) is 15.1. The summed E-state index contributed by atoms with van der Waals surface area (Å²) < 4.78 is 34.3. The quantitative estimate of drug-likeness (QED) is 0.835. The lowest BCUT2D eigenvalue weighted by Crippen LogP contribution is -2.07. The van der Waals surface area contributed by atoms with Crippen LogP contribution in [0.5, 0.6) is 5.75 Å². The highest BCUT2D eigenvalue weighted by Gasteiger charge is 2.08. The number of ether oxygens (including phenoxy) is 2. The van der Waals surface area contributed by atoms with Gasteiger partial charge in [-0.1, -0.05) is 30.3 Å². The lowest BCUT2D eigenvalue weighted by molar-refractivity contribution is -0.0504. The minimum atomic E-state index is -2.82. The average Bonchev–Trinajstić information content (AvgIpc) is 2.47. The first-order chi connectivity index (χ1) is 10.2. The molecule has 0 aliphatic carbocycles. The van der Waals surface area contributed by atoms with Crippen molar-refractivity contribution < 1.29 is 18.3 Å². The Bertz CT molecular complexity index is 576. The Hall–Kier alpha value is -2.14. The fraction of sp³-hybridized carbons (Fsp3) is 0.250. The van der Waals surface area contributed by atoms with Crippen LogP contribution in [0.25, 0.3) is 0 Å². The van der Waals surface area contributed by atoms with Crippen LogP contribution in [0.1, 0.15) is 11.1 Å². The molecule has 0 radical (unpaired) electrons. The van der Waals surface area contributed by atoms with Crippen LogP contribution in [0, 0.1) is 0 Å². The molecule has 0 bridgehead atoms. The number of alkyl halides is 2. The molecule has 0 unspecified atom stereocenters. The van der Waals surface area contributed by atoms with Gasteiger partial charge >= 0.3 is 6.61 Å². The van der Waals surface area contributed by atoms with Crippen LogP contribution in [0.3, 0.4) is 0 Å². The number of anilines is 1. The number of nitrogens with one attached hydrogen (secondary N) is 1. The first-order valence-corrected chi connectivity index (χ1v) is 6.53. The van der Waals surface area contributed by atoms with E-state index in [-0.39, 0.29) is 5.75 Å². The Labute approximate surface area is 122 Å². The first-order valence-electron chi connectivity index (χ1n) is 6.53. The van der Waals surface area contributed by atoms with Crippen LogP contribution in [0.15, 0.2) is 48.5 Å². The summed E-state index contributed by atoms with van der Waals surface area (Å²) in [6.45, 7) is -1.89. The van der Waals surface area contributed by atoms with Crippen LogP contribution >= 0.6 is 0 Å². The maximum Gasteiger partial charge on any atom is 0.387 e. The lowest BCUT2D eigenvalue weighted by atomic mass is 10.1. The van der Waals surface area contributed by atoms with Crippen LogP contribution in [0.4, 0.5) is 14.5 Å². The topological polar surface area (TPSA) is 30.5 Å². The molecule has 112 valence electrons. The predicted octanol–water partition coefficient (Wildman–Crippen LogP) is 4.05. The van der Waals surface area contributed by atoms with Crippen LogP contribution < -0.4 is 10.1 Å². The van der Waals surface area contributed by atoms with Crippen molar-refractivity contribution in [3.8, 4) is 5.75 Å². The van der Waals surface area contributed by atoms with E-state index in [2.05, 4.69) is 10.1 Å². The third-order valence-electron chi connectivity index (χ3n) is 2.91. The molecule has 0 aromatic heterocycles. The SMILES string of the molecule is COCc1cccc(NCc2ccccc2OC(F)F)c1. The van der Waals surface area contributed by atoms with Crippen molar-refractivity contribution in [1.29, 1.82) is 0 Å². The number of benzene rings is 2. The summed E-state index contributed by atoms with van der Waals surface area (Å²) in [5.41, 5.74) is 2.62. The lowest BCUT2D eigenvalue weighted by Gasteiger charge is -2.12. The van der Waals surface area contributed by atoms with E-state index < -0.39 is 6.61 Å². The number of hydrogen-bond donors (Lipinski definition) is 1. The zero-order valence-electron chi connectivity index (χ0n) is 11.7. The fourth-order valence-corrected chi connectivity index (χ4v) is 2.00. The Morgan fingerprint density at radius 2 is 1.90 bits per heavy atom. The molecule has 0 aliphatic rings. The minimum absolute atomic E-state index is 0.188. The van der Waals surface area contributed by atoms with E-state index in [1.807, 2.05) is 24.3 Å². The molecule has 21 heavy (non-hydrogen) atoms. The van der Waals surface area contributed by atoms with Crippen molar-refractivity contribution in [1.82, 2.24) is 0 Å². The van der Waals surface area contributed by atoms with Gasteiger partial charge in [0.15, 0.2) is 0 Å². The second-order valence-electron chi connectivity index (χ2n) is 4.47. The second kappa shape index (κ2) is 7.59. The van der Waals surface area contributed by atoms with E-state index in [1.54, 1.807) is 25.3 Å². The molecule has 2 rings (SSSR count). The van der Waals surface area contributed by atoms with Crippen LogP contribution in [0.2, 0.25) is 0 Å². The van der Waals surface area contributed by atoms with Gasteiger partial charge in [-0.25, -0.2) is 0 Å². The molecule has 0 atom stereocenters. The number of hydrogen-bond acceptors (Lipinski definition) is 3. The Kier molecular flexibility index (Phi) is 5.51. The predicted molar refractivity (Wildman–Crippen MR) is 77.6 cm³/mol. The highest BCUT2D eigenvalue weighted by molar-refractivity contribution is 5.47. The number of methoxy groups -OCH3 is 1. The number of para-hydroxylation sites is 1. The minimum Gasteiger partial charge on any atom is -0.434 e. The van der Waals surface area contributed by atoms with Gasteiger partial charge in [0.2, 0.25) is 0 Å². The first kappa shape index (κ1) is 15.3. The molecule has 2 aromatic carbocycles. The van der Waals surface area contributed by atoms with Gasteiger partial charge in [0.05, 0.1) is 6.61 Å². The van der Waals surface area contributed by atoms with Crippen molar-refractivity contribution in [3.63, 3.8) is 0 Å². The summed E-state index contributed by atoms with van der Waals surface area (Å²) in [6.07, 6.45) is 0. The smallest absolute Gasteiger partial charge is 0.387 e. The largest absolute Gasteiger partial charge is 0.434 e. The summed E-state index contributed by atoms with van der Waals surface area (Å²) in [6, 6.07) is 14.5. The maximum absolute atomic E-state index is 12.3. The highest BCUT2D eigenvalue weighted by Crippen LogP contribution is 2.21. The summed E-state index contributed by atoms with van der Waals surface area (Å²) >= 11 is 0. The van der Waals surface area contributed by atoms with Gasteiger partial charge in [-0.15, -0.1) is 0 Å². The number of rotatable bonds is 7. The van der Waals surface area contributed by atoms with Crippen molar-refractivity contribution in [2.24, 2.45) is 0 Å². The van der Waals surface area contributed by atoms with Crippen molar-refractivity contribution in [2.75, 3.05) is 12.4 Å². The van der Waals surface area contributed by atoms with Crippen molar-refractivity contribution >= 4 is 5.69 Å². The van der Waals surface area contributed by atoms with Gasteiger partial charge < -0.3 is 14.8 Å². The zero-order valence-corrected chi connectivity index (χ0v) is 11.7. The van der Waals surface area contributed by atoms with Gasteiger partial charge in [0.1, 0.15) is 5.75 Å². The van der Waals surface area contributed by atoms with Crippen molar-refractivity contribution in [3.05, 3.63) is 59.7 Å². The molecule has 5 heteroatoms. The Balaban J connectivity index is 2.04. The molecule has 0 saturated heterocycles. The van der Waals surface area contributed by atoms with Crippen molar-refractivity contribution in [2.45, 2.75) is 19.8 Å². The Morgan fingerprint density at radius 1 is 1.10 bits per heavy atom. The molecule has 0 heterocycles. The van der Waals surface area contributed by atoms with Gasteiger partial charge in [0.25, 0.3) is 0 Å². The Morgan fingerprint density at radius 3 is 2.67 bits per heavy atom. The monoisotopic (exact) mass is 293 g/mol. The van der Waals surface area contributed by atoms with E-state index in [4.69, 9.17) is 4.74 Å². The van der Waals surface area contributed by atoms with E-state index >= 15 is 0 Å². The van der Waals surface area contributed by atoms with E-state index in [1.165, 1.54) is 6.07 Å². The summed E-state index contributed by atoms with van der Waals surface area (Å²) in [7, 11) is 1.64. The fourth-order valence-electron chi connectivity index (χ4n) is 2.00. The molecular formula is C16H17F2NO2. The molecule has 0 spiro atoms. The molecule has 1 N–H and O–H groups in total. The second-order valence-corrected chi connectivity index (χ2v) is 4.47. The summed E-state index contributed by atoms with van der Waals surface area (Å²) in [5, 5.41) is 3.19. The van der Waals surface area contributed by atoms with Gasteiger partial charge in [-0.2, -0.15) is 8.78 Å². The molecular weight excluding hydrogens is 276 g/mol. The molecule has 3 nitrogen and oxygen atoms in total. The van der Waals surface area contributed by atoms with E-state index in [0.717, 1.165) is 11.3 Å². The van der Waals surface area contributed by atoms with Crippen LogP contribution in [-0.4, -0.2) is 13.7 Å². The van der Waals surface area contributed by atoms with Crippen LogP contribution in [-0.2, 0) is 17.9 Å². The normalized spacial score (nSPS) is 10.7. The molecule has 2 aromatic rings. The molecule has 0 saturated carbocycles. The van der Waals surface area contributed by atoms with E-state index in [9.17, 15) is 8.78 Å². The average molecular weight is 293 g/mol. The molecule has 0 aliphatic heterocycles. The summed E-state index contributed by atoms with van der Waals surface area (Å²) in [4.78, 5) is 0. The van der Waals surface area contributed by atoms with Gasteiger partial charge in [-0.3, -0.25) is 0 Å². The maximum atomic E-state index is 12.3. The number of halogens is 2. The molecule has 0 fully saturated rings. The van der Waals surface area contributed by atoms with Gasteiger partial charge in [0, 0.05) is 24.9 Å². The van der Waals surface area contributed by atoms with E-state index in [0.29, 0.717) is 18.7 Å². The highest BCUT2D eigenvalue weighted by atomic mass is 19.3. The standard InChI is InChI=1S/C16H17F2NO2/c1-20-11-12-5-4-7-14(9-12)19-10-13-6-2-3-8-15(13)21-16(17)18/h2-9,16,19H,10-11H2,1H3. The third-order valence-corrected chi connectivity index (χ3v) is 2.91. The van der Waals surface area contributed by atoms with Gasteiger partial charge in [-0.05, 0) is 23.8 Å². The molecule has 0 amide bonds. The third kappa shape index (κ3) is 4.72.